The van der Waals surface area contributed by atoms with Crippen molar-refractivity contribution in [2.75, 3.05) is 6.61 Å². The predicted octanol–water partition coefficient (Wildman–Crippen LogP) is 1.31. The largest absolute Gasteiger partial charge is 0.474 e. The smallest absolute Gasteiger partial charge is 0.245 e. The van der Waals surface area contributed by atoms with Crippen molar-refractivity contribution in [1.82, 2.24) is 9.78 Å². The lowest BCUT2D eigenvalue weighted by atomic mass is 10.2. The lowest BCUT2D eigenvalue weighted by molar-refractivity contribution is 0.0615. The minimum Gasteiger partial charge on any atom is -0.474 e. The van der Waals surface area contributed by atoms with E-state index in [1.54, 1.807) is 0 Å². The van der Waals surface area contributed by atoms with E-state index in [1.807, 2.05) is 0 Å². The number of hydrogen-bond donors (Lipinski definition) is 1. The first-order valence-corrected chi connectivity index (χ1v) is 11.3. The van der Waals surface area contributed by atoms with Crippen LogP contribution in [-0.2, 0) is 21.0 Å². The molecule has 0 saturated carbocycles. The Morgan fingerprint density at radius 1 is 1.48 bits per heavy atom. The molecule has 7 nitrogen and oxygen atoms in total. The van der Waals surface area contributed by atoms with Gasteiger partial charge in [-0.25, -0.2) is 18.2 Å². The van der Waals surface area contributed by atoms with Crippen LogP contribution in [0.15, 0.2) is 11.1 Å². The number of hydrogen-bond acceptors (Lipinski definition) is 5. The van der Waals surface area contributed by atoms with Crippen molar-refractivity contribution in [3.05, 3.63) is 6.20 Å². The first kappa shape index (κ1) is 16.5. The van der Waals surface area contributed by atoms with Crippen LogP contribution in [0.5, 0.6) is 5.88 Å². The van der Waals surface area contributed by atoms with Gasteiger partial charge < -0.3 is 9.16 Å². The molecule has 2 heterocycles. The van der Waals surface area contributed by atoms with Crippen molar-refractivity contribution in [2.24, 2.45) is 5.14 Å². The number of ether oxygens (including phenoxy) is 1. The van der Waals surface area contributed by atoms with Crippen LogP contribution >= 0.6 is 0 Å². The molecular formula is C12H23N3O4SSi. The Labute approximate surface area is 126 Å². The Hall–Kier alpha value is -0.903. The highest BCUT2D eigenvalue weighted by molar-refractivity contribution is 7.89. The van der Waals surface area contributed by atoms with Gasteiger partial charge in [0.2, 0.25) is 15.9 Å². The molecule has 1 aliphatic heterocycles. The Kier molecular flexibility index (Phi) is 3.98. The molecule has 1 unspecified atom stereocenters. The SMILES string of the molecule is CC(C)(C)[Si](C)(C)OC1COc2c(S(N)(=O)=O)cnn2C1. The first-order valence-electron chi connectivity index (χ1n) is 6.81. The van der Waals surface area contributed by atoms with Gasteiger partial charge >= 0.3 is 0 Å². The second kappa shape index (κ2) is 5.08. The highest BCUT2D eigenvalue weighted by atomic mass is 32.2. The molecule has 0 radical (unpaired) electrons. The van der Waals surface area contributed by atoms with Gasteiger partial charge in [-0.05, 0) is 18.1 Å². The quantitative estimate of drug-likeness (QED) is 0.841. The Morgan fingerprint density at radius 3 is 2.62 bits per heavy atom. The van der Waals surface area contributed by atoms with E-state index in [9.17, 15) is 8.42 Å². The summed E-state index contributed by atoms with van der Waals surface area (Å²) in [7, 11) is -5.72. The summed E-state index contributed by atoms with van der Waals surface area (Å²) in [6, 6.07) is 0. The van der Waals surface area contributed by atoms with Gasteiger partial charge in [0.05, 0.1) is 18.8 Å². The van der Waals surface area contributed by atoms with E-state index in [0.717, 1.165) is 0 Å². The molecule has 0 fully saturated rings. The summed E-state index contributed by atoms with van der Waals surface area (Å²) in [6.45, 7) is 11.6. The molecule has 0 aromatic carbocycles. The Balaban J connectivity index is 2.17. The average Bonchev–Trinajstić information content (AvgIpc) is 2.69. The summed E-state index contributed by atoms with van der Waals surface area (Å²) in [5.41, 5.74) is 0. The molecule has 1 aliphatic rings. The molecule has 0 amide bonds. The molecule has 0 bridgehead atoms. The number of nitrogens with zero attached hydrogens (tertiary/aromatic N) is 2. The lowest BCUT2D eigenvalue weighted by Crippen LogP contribution is -2.47. The number of aromatic nitrogens is 2. The summed E-state index contributed by atoms with van der Waals surface area (Å²) in [4.78, 5) is -0.0757. The van der Waals surface area contributed by atoms with E-state index in [0.29, 0.717) is 13.2 Å². The molecule has 9 heteroatoms. The van der Waals surface area contributed by atoms with E-state index >= 15 is 0 Å². The van der Waals surface area contributed by atoms with Crippen molar-refractivity contribution in [3.8, 4) is 5.88 Å². The van der Waals surface area contributed by atoms with Crippen molar-refractivity contribution in [2.45, 2.75) is 56.4 Å². The normalized spacial score (nSPS) is 20.0. The topological polar surface area (TPSA) is 96.4 Å². The molecular weight excluding hydrogens is 310 g/mol. The Morgan fingerprint density at radius 2 is 2.10 bits per heavy atom. The zero-order chi connectivity index (χ0) is 16.1. The van der Waals surface area contributed by atoms with Crippen molar-refractivity contribution in [1.29, 1.82) is 0 Å². The van der Waals surface area contributed by atoms with Gasteiger partial charge in [0.15, 0.2) is 13.2 Å². The third-order valence-electron chi connectivity index (χ3n) is 4.12. The summed E-state index contributed by atoms with van der Waals surface area (Å²) < 4.78 is 36.2. The van der Waals surface area contributed by atoms with Crippen LogP contribution in [0.4, 0.5) is 0 Å². The summed E-state index contributed by atoms with van der Waals surface area (Å²) >= 11 is 0. The predicted molar refractivity (Wildman–Crippen MR) is 81.2 cm³/mol. The maximum Gasteiger partial charge on any atom is 0.245 e. The fourth-order valence-electron chi connectivity index (χ4n) is 1.91. The minimum atomic E-state index is -3.82. The van der Waals surface area contributed by atoms with Gasteiger partial charge in [-0.2, -0.15) is 5.10 Å². The third kappa shape index (κ3) is 3.31. The highest BCUT2D eigenvalue weighted by Gasteiger charge is 2.40. The molecule has 21 heavy (non-hydrogen) atoms. The van der Waals surface area contributed by atoms with Crippen LogP contribution in [0, 0.1) is 0 Å². The fraction of sp³-hybridized carbons (Fsp3) is 0.750. The van der Waals surface area contributed by atoms with Gasteiger partial charge in [0.25, 0.3) is 0 Å². The maximum atomic E-state index is 11.4. The minimum absolute atomic E-state index is 0.0757. The van der Waals surface area contributed by atoms with E-state index in [2.05, 4.69) is 39.0 Å². The van der Waals surface area contributed by atoms with E-state index in [-0.39, 0.29) is 21.9 Å². The molecule has 0 aliphatic carbocycles. The molecule has 2 N–H and O–H groups in total. The molecule has 2 rings (SSSR count). The molecule has 0 spiro atoms. The number of sulfonamides is 1. The van der Waals surface area contributed by atoms with Crippen LogP contribution < -0.4 is 9.88 Å². The molecule has 1 aromatic heterocycles. The second-order valence-electron chi connectivity index (χ2n) is 6.85. The van der Waals surface area contributed by atoms with Crippen molar-refractivity contribution in [3.63, 3.8) is 0 Å². The summed E-state index contributed by atoms with van der Waals surface area (Å²) in [6.07, 6.45) is 1.09. The zero-order valence-corrected chi connectivity index (χ0v) is 14.9. The van der Waals surface area contributed by atoms with Crippen LogP contribution in [0.1, 0.15) is 20.8 Å². The average molecular weight is 333 g/mol. The van der Waals surface area contributed by atoms with Crippen molar-refractivity contribution < 1.29 is 17.6 Å². The van der Waals surface area contributed by atoms with Crippen LogP contribution in [0.2, 0.25) is 18.1 Å². The van der Waals surface area contributed by atoms with Gasteiger partial charge in [0.1, 0.15) is 6.61 Å². The molecule has 120 valence electrons. The second-order valence-corrected chi connectivity index (χ2v) is 13.1. The lowest BCUT2D eigenvalue weighted by Gasteiger charge is -2.40. The van der Waals surface area contributed by atoms with Gasteiger partial charge in [0, 0.05) is 0 Å². The number of rotatable bonds is 3. The summed E-state index contributed by atoms with van der Waals surface area (Å²) in [5.74, 6) is 0.201. The van der Waals surface area contributed by atoms with Crippen LogP contribution in [0.3, 0.4) is 0 Å². The van der Waals surface area contributed by atoms with Crippen LogP contribution in [0.25, 0.3) is 0 Å². The maximum absolute atomic E-state index is 11.4. The van der Waals surface area contributed by atoms with E-state index in [1.165, 1.54) is 10.9 Å². The molecule has 0 saturated heterocycles. The van der Waals surface area contributed by atoms with Gasteiger partial charge in [-0.3, -0.25) is 0 Å². The third-order valence-corrected chi connectivity index (χ3v) is 9.54. The number of nitrogens with two attached hydrogens (primary N) is 1. The fourth-order valence-corrected chi connectivity index (χ4v) is 3.84. The number of primary sulfonamides is 1. The van der Waals surface area contributed by atoms with Gasteiger partial charge in [-0.15, -0.1) is 0 Å². The van der Waals surface area contributed by atoms with E-state index < -0.39 is 18.3 Å². The van der Waals surface area contributed by atoms with Gasteiger partial charge in [-0.1, -0.05) is 20.8 Å². The van der Waals surface area contributed by atoms with Crippen LogP contribution in [-0.4, -0.2) is 39.2 Å². The van der Waals surface area contributed by atoms with Crippen molar-refractivity contribution >= 4 is 18.3 Å². The zero-order valence-electron chi connectivity index (χ0n) is 13.1. The Bertz CT molecular complexity index is 633. The summed E-state index contributed by atoms with van der Waals surface area (Å²) in [5, 5.41) is 9.27. The molecule has 1 aromatic rings. The molecule has 1 atom stereocenters. The highest BCUT2D eigenvalue weighted by Crippen LogP contribution is 2.38. The first-order chi connectivity index (χ1) is 9.42. The number of fused-ring (bicyclic) bond motifs is 1. The van der Waals surface area contributed by atoms with E-state index in [4.69, 9.17) is 14.3 Å². The standard InChI is InChI=1S/C12H23N3O4SSi/c1-12(2,3)21(4,5)19-9-7-15-11(18-8-9)10(6-14-15)20(13,16)17/h6,9H,7-8H2,1-5H3,(H2,13,16,17). The monoisotopic (exact) mass is 333 g/mol.